The Hall–Kier alpha value is -1.61. The normalized spacial score (nSPS) is 10.4. The Balaban J connectivity index is 4.60. The quantitative estimate of drug-likeness (QED) is 0.717. The van der Waals surface area contributed by atoms with E-state index in [0.717, 1.165) is 4.90 Å². The van der Waals surface area contributed by atoms with Gasteiger partial charge in [-0.05, 0) is 20.8 Å². The van der Waals surface area contributed by atoms with Gasteiger partial charge in [0.15, 0.2) is 0 Å². The van der Waals surface area contributed by atoms with Crippen molar-refractivity contribution in [2.45, 2.75) is 26.4 Å². The predicted octanol–water partition coefficient (Wildman–Crippen LogP) is 0.628. The summed E-state index contributed by atoms with van der Waals surface area (Å²) in [5.41, 5.74) is 4.61. The summed E-state index contributed by atoms with van der Waals surface area (Å²) in [5.74, 6) is -0.588. The van der Waals surface area contributed by atoms with Gasteiger partial charge in [0.1, 0.15) is 5.60 Å². The molecule has 0 aromatic rings. The van der Waals surface area contributed by atoms with Crippen molar-refractivity contribution >= 4 is 12.0 Å². The van der Waals surface area contributed by atoms with Gasteiger partial charge >= 0.3 is 12.0 Å². The maximum atomic E-state index is 11.6. The summed E-state index contributed by atoms with van der Waals surface area (Å²) >= 11 is 0. The van der Waals surface area contributed by atoms with Crippen LogP contribution in [0.25, 0.3) is 4.85 Å². The van der Waals surface area contributed by atoms with Crippen molar-refractivity contribution < 1.29 is 14.3 Å². The van der Waals surface area contributed by atoms with Crippen molar-refractivity contribution in [3.63, 3.8) is 0 Å². The molecule has 0 saturated heterocycles. The van der Waals surface area contributed by atoms with Crippen LogP contribution in [-0.4, -0.2) is 42.1 Å². The molecule has 0 aliphatic rings. The Morgan fingerprint density at radius 1 is 1.44 bits per heavy atom. The van der Waals surface area contributed by atoms with Gasteiger partial charge in [-0.2, -0.15) is 0 Å². The van der Waals surface area contributed by atoms with Gasteiger partial charge in [-0.25, -0.2) is 16.3 Å². The van der Waals surface area contributed by atoms with Crippen LogP contribution in [0.4, 0.5) is 4.79 Å². The summed E-state index contributed by atoms with van der Waals surface area (Å²) in [6.07, 6.45) is -0.758. The van der Waals surface area contributed by atoms with Crippen LogP contribution in [0.2, 0.25) is 0 Å². The van der Waals surface area contributed by atoms with Gasteiger partial charge < -0.3 is 15.3 Å². The van der Waals surface area contributed by atoms with Gasteiger partial charge in [0.05, 0.1) is 0 Å². The highest BCUT2D eigenvalue weighted by Gasteiger charge is 2.27. The summed E-state index contributed by atoms with van der Waals surface area (Å²) < 4.78 is 5.03. The highest BCUT2D eigenvalue weighted by Crippen LogP contribution is 2.09. The van der Waals surface area contributed by atoms with Gasteiger partial charge in [-0.1, -0.05) is 0 Å². The van der Waals surface area contributed by atoms with Crippen LogP contribution in [0, 0.1) is 6.57 Å². The van der Waals surface area contributed by atoms with E-state index in [2.05, 4.69) is 4.85 Å². The van der Waals surface area contributed by atoms with E-state index in [0.29, 0.717) is 0 Å². The lowest BCUT2D eigenvalue weighted by molar-refractivity contribution is -0.128. The Morgan fingerprint density at radius 3 is 2.38 bits per heavy atom. The second kappa shape index (κ2) is 6.08. The van der Waals surface area contributed by atoms with Gasteiger partial charge in [0.25, 0.3) is 6.54 Å². The minimum Gasteiger partial charge on any atom is -0.443 e. The molecule has 2 N–H and O–H groups in total. The smallest absolute Gasteiger partial charge is 0.417 e. The fraction of sp³-hybridized carbons (Fsp3) is 0.700. The number of imide groups is 1. The van der Waals surface area contributed by atoms with E-state index < -0.39 is 17.6 Å². The molecule has 0 aliphatic heterocycles. The number of nitrogens with two attached hydrogens (primary N) is 1. The van der Waals surface area contributed by atoms with Crippen LogP contribution in [0.5, 0.6) is 0 Å². The highest BCUT2D eigenvalue weighted by atomic mass is 16.6. The van der Waals surface area contributed by atoms with Crippen molar-refractivity contribution in [2.24, 2.45) is 5.73 Å². The Morgan fingerprint density at radius 2 is 2.00 bits per heavy atom. The van der Waals surface area contributed by atoms with E-state index in [9.17, 15) is 9.59 Å². The number of hydrogen-bond acceptors (Lipinski definition) is 4. The molecule has 0 atom stereocenters. The molecule has 0 unspecified atom stereocenters. The third-order valence-corrected chi connectivity index (χ3v) is 1.48. The third-order valence-electron chi connectivity index (χ3n) is 1.48. The summed E-state index contributed by atoms with van der Waals surface area (Å²) in [6, 6.07) is 0. The molecular formula is C10H17N3O3. The molecule has 0 rings (SSSR count). The van der Waals surface area contributed by atoms with E-state index >= 15 is 0 Å². The zero-order chi connectivity index (χ0) is 12.8. The molecular weight excluding hydrogens is 210 g/mol. The topological polar surface area (TPSA) is 77.0 Å². The average molecular weight is 227 g/mol. The van der Waals surface area contributed by atoms with Crippen LogP contribution >= 0.6 is 0 Å². The monoisotopic (exact) mass is 227 g/mol. The number of rotatable bonds is 3. The van der Waals surface area contributed by atoms with Gasteiger partial charge in [0.2, 0.25) is 0 Å². The molecule has 0 bridgehead atoms. The number of carbonyl (C=O) groups is 2. The maximum Gasteiger partial charge on any atom is 0.417 e. The van der Waals surface area contributed by atoms with E-state index in [1.807, 2.05) is 0 Å². The lowest BCUT2D eigenvalue weighted by Crippen LogP contribution is -2.44. The Bertz CT molecular complexity index is 301. The van der Waals surface area contributed by atoms with Gasteiger partial charge in [-0.15, -0.1) is 0 Å². The minimum atomic E-state index is -0.758. The van der Waals surface area contributed by atoms with E-state index in [-0.39, 0.29) is 19.6 Å². The van der Waals surface area contributed by atoms with Crippen LogP contribution < -0.4 is 5.73 Å². The third kappa shape index (κ3) is 5.32. The summed E-state index contributed by atoms with van der Waals surface area (Å²) in [7, 11) is 0. The highest BCUT2D eigenvalue weighted by molar-refractivity contribution is 5.93. The average Bonchev–Trinajstić information content (AvgIpc) is 2.11. The molecule has 0 aromatic carbocycles. The molecule has 0 fully saturated rings. The molecule has 0 spiro atoms. The molecule has 6 nitrogen and oxygen atoms in total. The molecule has 0 heterocycles. The number of hydrogen-bond donors (Lipinski definition) is 1. The first kappa shape index (κ1) is 14.4. The molecule has 0 radical (unpaired) electrons. The summed E-state index contributed by atoms with van der Waals surface area (Å²) in [4.78, 5) is 26.8. The fourth-order valence-electron chi connectivity index (χ4n) is 0.917. The molecule has 0 aromatic heterocycles. The zero-order valence-electron chi connectivity index (χ0n) is 9.82. The number of amides is 2. The van der Waals surface area contributed by atoms with Crippen molar-refractivity contribution in [3.05, 3.63) is 11.4 Å². The molecule has 0 saturated carbocycles. The zero-order valence-corrected chi connectivity index (χ0v) is 9.82. The molecule has 6 heteroatoms. The Kier molecular flexibility index (Phi) is 5.47. The van der Waals surface area contributed by atoms with Crippen LogP contribution in [-0.2, 0) is 9.53 Å². The lowest BCUT2D eigenvalue weighted by atomic mass is 10.2. The van der Waals surface area contributed by atoms with E-state index in [1.165, 1.54) is 0 Å². The second-order valence-electron chi connectivity index (χ2n) is 4.13. The van der Waals surface area contributed by atoms with Crippen molar-refractivity contribution in [1.82, 2.24) is 4.90 Å². The first-order valence-electron chi connectivity index (χ1n) is 4.88. The molecule has 0 aliphatic carbocycles. The van der Waals surface area contributed by atoms with Crippen LogP contribution in [0.15, 0.2) is 0 Å². The summed E-state index contributed by atoms with van der Waals surface area (Å²) in [5, 5.41) is 0. The number of nitrogens with zero attached hydrogens (tertiary/aromatic N) is 2. The van der Waals surface area contributed by atoms with Gasteiger partial charge in [0, 0.05) is 13.1 Å². The first-order valence-corrected chi connectivity index (χ1v) is 4.88. The maximum absolute atomic E-state index is 11.6. The molecule has 2 amide bonds. The predicted molar refractivity (Wildman–Crippen MR) is 58.5 cm³/mol. The first-order chi connectivity index (χ1) is 7.31. The van der Waals surface area contributed by atoms with E-state index in [1.54, 1.807) is 20.8 Å². The van der Waals surface area contributed by atoms with Crippen molar-refractivity contribution in [1.29, 1.82) is 0 Å². The molecule has 16 heavy (non-hydrogen) atoms. The SMILES string of the molecule is [C-]#[N+]CC(=O)N(CCN)C(=O)OC(C)(C)C. The van der Waals surface area contributed by atoms with Crippen molar-refractivity contribution in [3.8, 4) is 0 Å². The van der Waals surface area contributed by atoms with Crippen molar-refractivity contribution in [2.75, 3.05) is 19.6 Å². The fourth-order valence-corrected chi connectivity index (χ4v) is 0.917. The van der Waals surface area contributed by atoms with Crippen LogP contribution in [0.1, 0.15) is 20.8 Å². The minimum absolute atomic E-state index is 0.0588. The number of carbonyl (C=O) groups excluding carboxylic acids is 2. The van der Waals surface area contributed by atoms with Gasteiger partial charge in [-0.3, -0.25) is 4.79 Å². The van der Waals surface area contributed by atoms with E-state index in [4.69, 9.17) is 17.0 Å². The summed E-state index contributed by atoms with van der Waals surface area (Å²) in [6.45, 7) is 11.5. The Labute approximate surface area is 95.2 Å². The standard InChI is InChI=1S/C10H17N3O3/c1-10(2,3)16-9(15)13(6-5-11)8(14)7-12-4/h5-7,11H2,1-3H3. The second-order valence-corrected chi connectivity index (χ2v) is 4.13. The van der Waals surface area contributed by atoms with Crippen LogP contribution in [0.3, 0.4) is 0 Å². The number of ether oxygens (including phenoxy) is 1. The molecule has 90 valence electrons. The lowest BCUT2D eigenvalue weighted by Gasteiger charge is -2.24. The largest absolute Gasteiger partial charge is 0.443 e.